The van der Waals surface area contributed by atoms with Crippen LogP contribution in [0.25, 0.3) is 11.4 Å². The number of nitrogens with zero attached hydrogens (tertiary/aromatic N) is 4. The molecule has 32 heavy (non-hydrogen) atoms. The van der Waals surface area contributed by atoms with Crippen molar-refractivity contribution in [2.75, 3.05) is 27.7 Å². The SMILES string of the molecule is CN=C(NCCc1cccc(C(=O)N(C)C)c1)NCc1nc(-c2ccc(Cl)cc2)no1.I. The molecule has 170 valence electrons. The molecule has 2 N–H and O–H groups in total. The van der Waals surface area contributed by atoms with Crippen molar-refractivity contribution in [3.63, 3.8) is 0 Å². The highest BCUT2D eigenvalue weighted by atomic mass is 127. The Morgan fingerprint density at radius 2 is 1.91 bits per heavy atom. The lowest BCUT2D eigenvalue weighted by Gasteiger charge is -2.12. The molecule has 10 heteroatoms. The van der Waals surface area contributed by atoms with Gasteiger partial charge >= 0.3 is 0 Å². The minimum Gasteiger partial charge on any atom is -0.356 e. The second-order valence-corrected chi connectivity index (χ2v) is 7.46. The Labute approximate surface area is 209 Å². The molecule has 1 aromatic heterocycles. The molecule has 1 heterocycles. The Bertz CT molecular complexity index is 1050. The standard InChI is InChI=1S/C22H25ClN6O2.HI/c1-24-22(25-12-11-15-5-4-6-17(13-15)21(30)29(2)3)26-14-19-27-20(28-31-19)16-7-9-18(23)10-8-16;/h4-10,13H,11-12,14H2,1-3H3,(H2,24,25,26);1H. The molecule has 0 fully saturated rings. The summed E-state index contributed by atoms with van der Waals surface area (Å²) in [6.07, 6.45) is 0.747. The maximum atomic E-state index is 12.1. The minimum absolute atomic E-state index is 0. The number of nitrogens with one attached hydrogen (secondary N) is 2. The Balaban J connectivity index is 0.00000363. The molecule has 3 aromatic rings. The maximum Gasteiger partial charge on any atom is 0.253 e. The third kappa shape index (κ3) is 7.20. The van der Waals surface area contributed by atoms with E-state index < -0.39 is 0 Å². The normalized spacial score (nSPS) is 10.9. The zero-order valence-corrected chi connectivity index (χ0v) is 21.2. The van der Waals surface area contributed by atoms with E-state index in [-0.39, 0.29) is 29.9 Å². The molecule has 0 aliphatic rings. The van der Waals surface area contributed by atoms with Gasteiger partial charge in [-0.2, -0.15) is 4.98 Å². The van der Waals surface area contributed by atoms with Gasteiger partial charge in [-0.25, -0.2) is 0 Å². The molecule has 2 aromatic carbocycles. The van der Waals surface area contributed by atoms with Gasteiger partial charge in [-0.05, 0) is 48.4 Å². The van der Waals surface area contributed by atoms with Gasteiger partial charge in [0.05, 0.1) is 6.54 Å². The molecule has 1 amide bonds. The number of carbonyl (C=O) groups is 1. The van der Waals surface area contributed by atoms with Crippen LogP contribution < -0.4 is 10.6 Å². The summed E-state index contributed by atoms with van der Waals surface area (Å²) in [6, 6.07) is 14.9. The van der Waals surface area contributed by atoms with Crippen LogP contribution in [0.2, 0.25) is 5.02 Å². The van der Waals surface area contributed by atoms with E-state index in [0.29, 0.717) is 41.4 Å². The van der Waals surface area contributed by atoms with Gasteiger partial charge in [0, 0.05) is 43.8 Å². The van der Waals surface area contributed by atoms with E-state index in [0.717, 1.165) is 17.5 Å². The fraction of sp³-hybridized carbons (Fsp3) is 0.273. The molecule has 0 radical (unpaired) electrons. The molecule has 0 unspecified atom stereocenters. The first-order valence-electron chi connectivity index (χ1n) is 9.80. The molecule has 0 aliphatic carbocycles. The smallest absolute Gasteiger partial charge is 0.253 e. The lowest BCUT2D eigenvalue weighted by Crippen LogP contribution is -2.37. The molecule has 0 bridgehead atoms. The number of rotatable bonds is 7. The van der Waals surface area contributed by atoms with Crippen LogP contribution in [0.1, 0.15) is 21.8 Å². The summed E-state index contributed by atoms with van der Waals surface area (Å²) in [5, 5.41) is 11.0. The number of hydrogen-bond acceptors (Lipinski definition) is 5. The van der Waals surface area contributed by atoms with Gasteiger partial charge in [0.2, 0.25) is 11.7 Å². The maximum absolute atomic E-state index is 12.1. The number of hydrogen-bond donors (Lipinski definition) is 2. The van der Waals surface area contributed by atoms with Crippen molar-refractivity contribution in [1.29, 1.82) is 0 Å². The monoisotopic (exact) mass is 568 g/mol. The second-order valence-electron chi connectivity index (χ2n) is 7.02. The van der Waals surface area contributed by atoms with Crippen LogP contribution in [0.5, 0.6) is 0 Å². The Kier molecular flexibility index (Phi) is 9.92. The average molecular weight is 569 g/mol. The molecule has 0 saturated carbocycles. The topological polar surface area (TPSA) is 95.7 Å². The van der Waals surface area contributed by atoms with Crippen molar-refractivity contribution in [3.05, 3.63) is 70.6 Å². The lowest BCUT2D eigenvalue weighted by molar-refractivity contribution is 0.0827. The van der Waals surface area contributed by atoms with E-state index in [1.165, 1.54) is 0 Å². The molecular weight excluding hydrogens is 543 g/mol. The van der Waals surface area contributed by atoms with Gasteiger partial charge in [-0.1, -0.05) is 28.9 Å². The second kappa shape index (κ2) is 12.4. The number of aliphatic imine (C=N–C) groups is 1. The predicted octanol–water partition coefficient (Wildman–Crippen LogP) is 3.62. The van der Waals surface area contributed by atoms with E-state index in [4.69, 9.17) is 16.1 Å². The molecule has 0 aliphatic heterocycles. The van der Waals surface area contributed by atoms with E-state index in [1.54, 1.807) is 38.2 Å². The number of carbonyl (C=O) groups excluding carboxylic acids is 1. The predicted molar refractivity (Wildman–Crippen MR) is 137 cm³/mol. The largest absolute Gasteiger partial charge is 0.356 e. The summed E-state index contributed by atoms with van der Waals surface area (Å²) in [7, 11) is 5.18. The summed E-state index contributed by atoms with van der Waals surface area (Å²) < 4.78 is 5.30. The van der Waals surface area contributed by atoms with Gasteiger partial charge in [0.1, 0.15) is 0 Å². The molecule has 0 saturated heterocycles. The van der Waals surface area contributed by atoms with Crippen molar-refractivity contribution in [2.24, 2.45) is 4.99 Å². The highest BCUT2D eigenvalue weighted by Gasteiger charge is 2.10. The van der Waals surface area contributed by atoms with Crippen LogP contribution in [0.15, 0.2) is 58.0 Å². The van der Waals surface area contributed by atoms with Crippen LogP contribution in [0, 0.1) is 0 Å². The number of aromatic nitrogens is 2. The van der Waals surface area contributed by atoms with E-state index in [1.807, 2.05) is 36.4 Å². The average Bonchev–Trinajstić information content (AvgIpc) is 3.25. The first-order chi connectivity index (χ1) is 15.0. The molecule has 8 nitrogen and oxygen atoms in total. The lowest BCUT2D eigenvalue weighted by atomic mass is 10.1. The zero-order chi connectivity index (χ0) is 22.2. The summed E-state index contributed by atoms with van der Waals surface area (Å²) in [5.41, 5.74) is 2.58. The van der Waals surface area contributed by atoms with Gasteiger partial charge in [0.15, 0.2) is 5.96 Å². The van der Waals surface area contributed by atoms with Crippen molar-refractivity contribution in [2.45, 2.75) is 13.0 Å². The fourth-order valence-electron chi connectivity index (χ4n) is 2.87. The number of amides is 1. The Morgan fingerprint density at radius 1 is 1.16 bits per heavy atom. The molecule has 0 spiro atoms. The molecule has 3 rings (SSSR count). The molecule has 0 atom stereocenters. The first-order valence-corrected chi connectivity index (χ1v) is 10.2. The minimum atomic E-state index is -0.00943. The van der Waals surface area contributed by atoms with Gasteiger partial charge in [0.25, 0.3) is 5.91 Å². The first kappa shape index (κ1) is 25.6. The van der Waals surface area contributed by atoms with Crippen molar-refractivity contribution >= 4 is 47.4 Å². The summed E-state index contributed by atoms with van der Waals surface area (Å²) in [4.78, 5) is 22.3. The van der Waals surface area contributed by atoms with Crippen LogP contribution in [0.3, 0.4) is 0 Å². The third-order valence-corrected chi connectivity index (χ3v) is 4.74. The van der Waals surface area contributed by atoms with Crippen molar-refractivity contribution < 1.29 is 9.32 Å². The van der Waals surface area contributed by atoms with Crippen LogP contribution in [0.4, 0.5) is 0 Å². The van der Waals surface area contributed by atoms with Crippen LogP contribution in [-0.2, 0) is 13.0 Å². The van der Waals surface area contributed by atoms with Crippen molar-refractivity contribution in [1.82, 2.24) is 25.7 Å². The van der Waals surface area contributed by atoms with Crippen LogP contribution in [-0.4, -0.2) is 54.6 Å². The highest BCUT2D eigenvalue weighted by molar-refractivity contribution is 14.0. The van der Waals surface area contributed by atoms with E-state index >= 15 is 0 Å². The Hall–Kier alpha value is -2.66. The quantitative estimate of drug-likeness (QED) is 0.257. The fourth-order valence-corrected chi connectivity index (χ4v) is 2.99. The number of guanidine groups is 1. The Morgan fingerprint density at radius 3 is 2.59 bits per heavy atom. The van der Waals surface area contributed by atoms with Crippen LogP contribution >= 0.6 is 35.6 Å². The summed E-state index contributed by atoms with van der Waals surface area (Å²) in [6.45, 7) is 0.992. The van der Waals surface area contributed by atoms with Gasteiger partial charge in [-0.15, -0.1) is 24.0 Å². The summed E-state index contributed by atoms with van der Waals surface area (Å²) in [5.74, 6) is 1.56. The summed E-state index contributed by atoms with van der Waals surface area (Å²) >= 11 is 5.91. The number of halogens is 2. The van der Waals surface area contributed by atoms with E-state index in [2.05, 4.69) is 25.8 Å². The third-order valence-electron chi connectivity index (χ3n) is 4.49. The van der Waals surface area contributed by atoms with Gasteiger partial charge < -0.3 is 20.1 Å². The van der Waals surface area contributed by atoms with Gasteiger partial charge in [-0.3, -0.25) is 9.79 Å². The molecular formula is C22H26ClIN6O2. The van der Waals surface area contributed by atoms with Crippen molar-refractivity contribution in [3.8, 4) is 11.4 Å². The zero-order valence-electron chi connectivity index (χ0n) is 18.1. The highest BCUT2D eigenvalue weighted by Crippen LogP contribution is 2.18. The number of benzene rings is 2. The van der Waals surface area contributed by atoms with E-state index in [9.17, 15) is 4.79 Å².